The highest BCUT2D eigenvalue weighted by Crippen LogP contribution is 2.23. The van der Waals surface area contributed by atoms with Gasteiger partial charge in [-0.15, -0.1) is 0 Å². The predicted molar refractivity (Wildman–Crippen MR) is 56.9 cm³/mol. The number of carbonyl (C=O) groups excluding carboxylic acids is 1. The summed E-state index contributed by atoms with van der Waals surface area (Å²) in [6.07, 6.45) is 7.65. The van der Waals surface area contributed by atoms with Crippen LogP contribution in [0.4, 0.5) is 0 Å². The molecule has 0 atom stereocenters. The molecule has 0 aromatic heterocycles. The van der Waals surface area contributed by atoms with Crippen molar-refractivity contribution in [1.29, 1.82) is 0 Å². The van der Waals surface area contributed by atoms with Gasteiger partial charge in [0.2, 0.25) is 0 Å². The molecule has 0 aliphatic heterocycles. The molecule has 1 aliphatic carbocycles. The van der Waals surface area contributed by atoms with Crippen molar-refractivity contribution < 1.29 is 9.53 Å². The van der Waals surface area contributed by atoms with Crippen LogP contribution in [0.15, 0.2) is 23.5 Å². The van der Waals surface area contributed by atoms with Crippen molar-refractivity contribution in [1.82, 2.24) is 0 Å². The van der Waals surface area contributed by atoms with Crippen LogP contribution < -0.4 is 0 Å². The number of Topliss-reactive ketones (excluding diaryl/α,β-unsaturated/α-hetero) is 1. The van der Waals surface area contributed by atoms with E-state index in [-0.39, 0.29) is 5.78 Å². The fraction of sp³-hybridized carbons (Fsp3) is 0.583. The summed E-state index contributed by atoms with van der Waals surface area (Å²) in [7, 11) is 0. The largest absolute Gasteiger partial charge is 0.490 e. The third kappa shape index (κ3) is 3.02. The van der Waals surface area contributed by atoms with Gasteiger partial charge in [-0.25, -0.2) is 0 Å². The van der Waals surface area contributed by atoms with Gasteiger partial charge in [-0.1, -0.05) is 19.1 Å². The Morgan fingerprint density at radius 2 is 2.14 bits per heavy atom. The van der Waals surface area contributed by atoms with Crippen LogP contribution in [-0.2, 0) is 9.53 Å². The summed E-state index contributed by atoms with van der Waals surface area (Å²) in [5.41, 5.74) is 1.11. The molecule has 0 N–H and O–H groups in total. The molecule has 0 bridgehead atoms. The summed E-state index contributed by atoms with van der Waals surface area (Å²) < 4.78 is 5.45. The maximum atomic E-state index is 11.3. The lowest BCUT2D eigenvalue weighted by molar-refractivity contribution is -0.118. The van der Waals surface area contributed by atoms with Gasteiger partial charge in [0, 0.05) is 6.42 Å². The highest BCUT2D eigenvalue weighted by molar-refractivity contribution is 5.96. The van der Waals surface area contributed by atoms with E-state index in [4.69, 9.17) is 4.74 Å². The highest BCUT2D eigenvalue weighted by atomic mass is 16.5. The van der Waals surface area contributed by atoms with Crippen molar-refractivity contribution in [3.05, 3.63) is 23.5 Å². The van der Waals surface area contributed by atoms with Crippen molar-refractivity contribution in [2.75, 3.05) is 6.61 Å². The van der Waals surface area contributed by atoms with Crippen molar-refractivity contribution in [2.45, 2.75) is 39.5 Å². The number of hydrogen-bond acceptors (Lipinski definition) is 2. The van der Waals surface area contributed by atoms with E-state index in [1.807, 2.05) is 6.92 Å². The van der Waals surface area contributed by atoms with Gasteiger partial charge in [-0.3, -0.25) is 4.79 Å². The average Bonchev–Trinajstić information content (AvgIpc) is 2.48. The summed E-state index contributed by atoms with van der Waals surface area (Å²) in [6.45, 7) is 4.70. The lowest BCUT2D eigenvalue weighted by Gasteiger charge is -2.04. The summed E-state index contributed by atoms with van der Waals surface area (Å²) in [4.78, 5) is 11.3. The predicted octanol–water partition coefficient (Wildman–Crippen LogP) is 3.00. The highest BCUT2D eigenvalue weighted by Gasteiger charge is 2.21. The first-order valence-corrected chi connectivity index (χ1v) is 5.26. The Balaban J connectivity index is 2.27. The number of ketones is 1. The van der Waals surface area contributed by atoms with E-state index in [1.54, 1.807) is 0 Å². The molecule has 0 heterocycles. The normalized spacial score (nSPS) is 17.1. The van der Waals surface area contributed by atoms with Crippen molar-refractivity contribution >= 4 is 5.78 Å². The second-order valence-corrected chi connectivity index (χ2v) is 3.55. The Bertz CT molecular complexity index is 261. The van der Waals surface area contributed by atoms with E-state index >= 15 is 0 Å². The molecule has 1 aliphatic rings. The van der Waals surface area contributed by atoms with Crippen molar-refractivity contribution in [3.8, 4) is 0 Å². The van der Waals surface area contributed by atoms with Crippen molar-refractivity contribution in [2.24, 2.45) is 0 Å². The smallest absolute Gasteiger partial charge is 0.197 e. The molecule has 2 nitrogen and oxygen atoms in total. The number of carbonyl (C=O) groups is 1. The Kier molecular flexibility index (Phi) is 4.44. The van der Waals surface area contributed by atoms with Gasteiger partial charge in [0.15, 0.2) is 11.5 Å². The molecule has 0 aromatic rings. The first-order valence-electron chi connectivity index (χ1n) is 5.26. The zero-order valence-corrected chi connectivity index (χ0v) is 9.01. The van der Waals surface area contributed by atoms with Gasteiger partial charge in [0.1, 0.15) is 0 Å². The maximum absolute atomic E-state index is 11.3. The molecule has 0 amide bonds. The Morgan fingerprint density at radius 1 is 1.36 bits per heavy atom. The molecule has 0 fully saturated rings. The molecule has 0 aromatic carbocycles. The first kappa shape index (κ1) is 11.0. The van der Waals surface area contributed by atoms with Gasteiger partial charge in [-0.05, 0) is 31.8 Å². The second kappa shape index (κ2) is 5.63. The van der Waals surface area contributed by atoms with E-state index in [9.17, 15) is 4.79 Å². The lowest BCUT2D eigenvalue weighted by atomic mass is 10.3. The van der Waals surface area contributed by atoms with E-state index in [0.29, 0.717) is 18.8 Å². The van der Waals surface area contributed by atoms with Gasteiger partial charge in [0.05, 0.1) is 6.61 Å². The maximum Gasteiger partial charge on any atom is 0.197 e. The van der Waals surface area contributed by atoms with Crippen molar-refractivity contribution in [3.63, 3.8) is 0 Å². The number of hydrogen-bond donors (Lipinski definition) is 0. The molecule has 0 spiro atoms. The van der Waals surface area contributed by atoms with Gasteiger partial charge in [-0.2, -0.15) is 0 Å². The Morgan fingerprint density at radius 3 is 2.71 bits per heavy atom. The molecule has 0 radical (unpaired) electrons. The Hall–Kier alpha value is -1.05. The molecular formula is C12H18O2. The summed E-state index contributed by atoms with van der Waals surface area (Å²) in [5.74, 6) is 0.789. The Labute approximate surface area is 85.6 Å². The number of rotatable bonds is 5. The zero-order valence-electron chi connectivity index (χ0n) is 9.01. The average molecular weight is 194 g/mol. The van der Waals surface area contributed by atoms with Crippen LogP contribution in [0.5, 0.6) is 0 Å². The molecule has 0 saturated carbocycles. The molecule has 0 saturated heterocycles. The van der Waals surface area contributed by atoms with Gasteiger partial charge >= 0.3 is 0 Å². The van der Waals surface area contributed by atoms with Crippen LogP contribution in [-0.4, -0.2) is 12.4 Å². The first-order chi connectivity index (χ1) is 6.75. The van der Waals surface area contributed by atoms with E-state index in [2.05, 4.69) is 19.1 Å². The summed E-state index contributed by atoms with van der Waals surface area (Å²) in [6, 6.07) is 0. The van der Waals surface area contributed by atoms with Crippen LogP contribution in [0.3, 0.4) is 0 Å². The van der Waals surface area contributed by atoms with E-state index in [1.165, 1.54) is 0 Å². The van der Waals surface area contributed by atoms with E-state index in [0.717, 1.165) is 24.8 Å². The van der Waals surface area contributed by atoms with Gasteiger partial charge < -0.3 is 4.74 Å². The van der Waals surface area contributed by atoms with Crippen LogP contribution in [0.25, 0.3) is 0 Å². The number of allylic oxidation sites excluding steroid dienone is 3. The van der Waals surface area contributed by atoms with Gasteiger partial charge in [0.25, 0.3) is 0 Å². The molecular weight excluding hydrogens is 176 g/mol. The zero-order chi connectivity index (χ0) is 10.4. The van der Waals surface area contributed by atoms with Crippen LogP contribution in [0.1, 0.15) is 39.5 Å². The summed E-state index contributed by atoms with van der Waals surface area (Å²) >= 11 is 0. The molecule has 14 heavy (non-hydrogen) atoms. The third-order valence-corrected chi connectivity index (χ3v) is 2.30. The quantitative estimate of drug-likeness (QED) is 0.496. The fourth-order valence-corrected chi connectivity index (χ4v) is 1.48. The standard InChI is InChI=1S/C12H18O2/c1-3-4-5-6-9-14-12-10(2)7-8-11(12)13/h4-5H,3,6-9H2,1-2H3/b5-4-. The SMILES string of the molecule is CC/C=C\CCOC1=C(C)CCC1=O. The minimum atomic E-state index is 0.168. The van der Waals surface area contributed by atoms with Crippen LogP contribution >= 0.6 is 0 Å². The molecule has 1 rings (SSSR count). The van der Waals surface area contributed by atoms with Crippen LogP contribution in [0.2, 0.25) is 0 Å². The lowest BCUT2D eigenvalue weighted by Crippen LogP contribution is -2.02. The molecule has 78 valence electrons. The monoisotopic (exact) mass is 194 g/mol. The number of ether oxygens (including phenoxy) is 1. The molecule has 0 unspecified atom stereocenters. The summed E-state index contributed by atoms with van der Waals surface area (Å²) in [5, 5.41) is 0. The van der Waals surface area contributed by atoms with E-state index < -0.39 is 0 Å². The topological polar surface area (TPSA) is 26.3 Å². The minimum Gasteiger partial charge on any atom is -0.490 e. The third-order valence-electron chi connectivity index (χ3n) is 2.30. The minimum absolute atomic E-state index is 0.168. The van der Waals surface area contributed by atoms with Crippen LogP contribution in [0, 0.1) is 0 Å². The fourth-order valence-electron chi connectivity index (χ4n) is 1.48. The second-order valence-electron chi connectivity index (χ2n) is 3.55. The molecule has 2 heteroatoms.